The summed E-state index contributed by atoms with van der Waals surface area (Å²) in [6, 6.07) is 0. The average molecular weight is 234 g/mol. The third-order valence-electron chi connectivity index (χ3n) is 3.40. The van der Waals surface area contributed by atoms with Crippen LogP contribution in [0.25, 0.3) is 0 Å². The molecule has 1 fully saturated rings. The lowest BCUT2D eigenvalue weighted by molar-refractivity contribution is -0.121. The molecule has 2 heteroatoms. The van der Waals surface area contributed by atoms with Crippen molar-refractivity contribution in [3.05, 3.63) is 36.5 Å². The predicted molar refractivity (Wildman–Crippen MR) is 70.7 cm³/mol. The Balaban J connectivity index is 2.82. The van der Waals surface area contributed by atoms with E-state index in [-0.39, 0.29) is 11.7 Å². The number of hydrogen-bond acceptors (Lipinski definition) is 2. The molecule has 0 heterocycles. The van der Waals surface area contributed by atoms with Gasteiger partial charge in [-0.1, -0.05) is 30.9 Å². The van der Waals surface area contributed by atoms with Gasteiger partial charge in [-0.15, -0.1) is 0 Å². The number of rotatable bonds is 1. The first-order chi connectivity index (χ1) is 7.91. The molecule has 2 atom stereocenters. The van der Waals surface area contributed by atoms with Crippen LogP contribution >= 0.6 is 0 Å². The molecule has 0 bridgehead atoms. The predicted octanol–water partition coefficient (Wildman–Crippen LogP) is 3.19. The minimum atomic E-state index is -0.467. The Morgan fingerprint density at radius 2 is 1.94 bits per heavy atom. The Bertz CT molecular complexity index is 352. The van der Waals surface area contributed by atoms with E-state index >= 15 is 0 Å². The fourth-order valence-corrected chi connectivity index (χ4v) is 2.18. The van der Waals surface area contributed by atoms with E-state index < -0.39 is 6.10 Å². The molecule has 1 aliphatic carbocycles. The summed E-state index contributed by atoms with van der Waals surface area (Å²) < 4.78 is 0. The smallest absolute Gasteiger partial charge is 0.143 e. The van der Waals surface area contributed by atoms with Gasteiger partial charge in [0.05, 0.1) is 6.10 Å². The van der Waals surface area contributed by atoms with Crippen LogP contribution in [0, 0.1) is 5.92 Å². The molecule has 1 N–H and O–H groups in total. The van der Waals surface area contributed by atoms with E-state index in [1.54, 1.807) is 0 Å². The molecule has 94 valence electrons. The second kappa shape index (κ2) is 5.97. The van der Waals surface area contributed by atoms with E-state index in [1.165, 1.54) is 0 Å². The summed E-state index contributed by atoms with van der Waals surface area (Å²) >= 11 is 0. The van der Waals surface area contributed by atoms with Crippen LogP contribution in [0.3, 0.4) is 0 Å². The van der Waals surface area contributed by atoms with Gasteiger partial charge in [-0.3, -0.25) is 4.79 Å². The summed E-state index contributed by atoms with van der Waals surface area (Å²) in [5.74, 6) is 0.0838. The second-order valence-corrected chi connectivity index (χ2v) is 5.04. The molecule has 0 aromatic heterocycles. The zero-order valence-electron chi connectivity index (χ0n) is 10.7. The zero-order chi connectivity index (χ0) is 13.0. The van der Waals surface area contributed by atoms with E-state index in [9.17, 15) is 9.90 Å². The topological polar surface area (TPSA) is 37.3 Å². The van der Waals surface area contributed by atoms with Crippen LogP contribution in [0.2, 0.25) is 0 Å². The normalized spacial score (nSPS) is 28.0. The van der Waals surface area contributed by atoms with Gasteiger partial charge in [-0.05, 0) is 38.2 Å². The van der Waals surface area contributed by atoms with Crippen molar-refractivity contribution < 1.29 is 9.90 Å². The number of ketones is 1. The van der Waals surface area contributed by atoms with E-state index in [4.69, 9.17) is 0 Å². The standard InChI is InChI=1S/C15H22O2/c1-10(2)13-7-6-12(4)14(16)8-5-11(3)9-15(13)17/h13-14,16H,1,3-9H2,2H3/t13-,14+/m1/s1. The first-order valence-electron chi connectivity index (χ1n) is 6.12. The molecule has 0 aromatic rings. The van der Waals surface area contributed by atoms with E-state index in [1.807, 2.05) is 6.92 Å². The number of allylic oxidation sites excluding steroid dienone is 2. The lowest BCUT2D eigenvalue weighted by atomic mass is 9.84. The number of Topliss-reactive ketones (excluding diaryl/α,β-unsaturated/α-hetero) is 1. The van der Waals surface area contributed by atoms with Gasteiger partial charge in [-0.2, -0.15) is 0 Å². The molecular formula is C15H22O2. The van der Waals surface area contributed by atoms with Gasteiger partial charge in [0, 0.05) is 12.3 Å². The van der Waals surface area contributed by atoms with Gasteiger partial charge in [0.2, 0.25) is 0 Å². The fraction of sp³-hybridized carbons (Fsp3) is 0.533. The summed E-state index contributed by atoms with van der Waals surface area (Å²) in [4.78, 5) is 12.1. The Kier molecular flexibility index (Phi) is 4.88. The number of aliphatic hydroxyl groups is 1. The van der Waals surface area contributed by atoms with Gasteiger partial charge >= 0.3 is 0 Å². The van der Waals surface area contributed by atoms with Crippen LogP contribution in [0.1, 0.15) is 39.0 Å². The van der Waals surface area contributed by atoms with Crippen LogP contribution in [-0.4, -0.2) is 17.0 Å². The minimum absolute atomic E-state index is 0.117. The van der Waals surface area contributed by atoms with Gasteiger partial charge in [0.25, 0.3) is 0 Å². The Hall–Kier alpha value is -1.15. The Morgan fingerprint density at radius 3 is 2.53 bits per heavy atom. The number of hydrogen-bond donors (Lipinski definition) is 1. The van der Waals surface area contributed by atoms with E-state index in [2.05, 4.69) is 19.7 Å². The van der Waals surface area contributed by atoms with Crippen molar-refractivity contribution in [2.45, 2.75) is 45.1 Å². The highest BCUT2D eigenvalue weighted by molar-refractivity contribution is 5.85. The van der Waals surface area contributed by atoms with Crippen molar-refractivity contribution in [3.63, 3.8) is 0 Å². The number of carbonyl (C=O) groups is 1. The molecule has 17 heavy (non-hydrogen) atoms. The number of aliphatic hydroxyl groups excluding tert-OH is 1. The third-order valence-corrected chi connectivity index (χ3v) is 3.40. The summed E-state index contributed by atoms with van der Waals surface area (Å²) in [6.07, 6.45) is 2.66. The molecule has 0 amide bonds. The molecule has 1 aliphatic rings. The molecule has 1 rings (SSSR count). The van der Waals surface area contributed by atoms with Gasteiger partial charge in [0.15, 0.2) is 0 Å². The van der Waals surface area contributed by atoms with Crippen molar-refractivity contribution in [1.82, 2.24) is 0 Å². The highest BCUT2D eigenvalue weighted by atomic mass is 16.3. The summed E-state index contributed by atoms with van der Waals surface area (Å²) in [5.41, 5.74) is 2.61. The summed E-state index contributed by atoms with van der Waals surface area (Å²) in [5, 5.41) is 9.86. The SMILES string of the molecule is C=C1CC[C@H](O)C(=C)CC[C@H](C(=C)C)C(=O)C1. The highest BCUT2D eigenvalue weighted by Gasteiger charge is 2.22. The third kappa shape index (κ3) is 3.97. The van der Waals surface area contributed by atoms with Crippen molar-refractivity contribution in [3.8, 4) is 0 Å². The monoisotopic (exact) mass is 234 g/mol. The molecular weight excluding hydrogens is 212 g/mol. The van der Waals surface area contributed by atoms with Crippen molar-refractivity contribution in [1.29, 1.82) is 0 Å². The molecule has 0 aliphatic heterocycles. The molecule has 0 spiro atoms. The second-order valence-electron chi connectivity index (χ2n) is 5.04. The quantitative estimate of drug-likeness (QED) is 0.707. The lowest BCUT2D eigenvalue weighted by Gasteiger charge is -2.22. The molecule has 0 aromatic carbocycles. The molecule has 1 saturated carbocycles. The summed E-state index contributed by atoms with van der Waals surface area (Å²) in [7, 11) is 0. The number of carbonyl (C=O) groups excluding carboxylic acids is 1. The lowest BCUT2D eigenvalue weighted by Crippen LogP contribution is -2.20. The maximum Gasteiger partial charge on any atom is 0.143 e. The van der Waals surface area contributed by atoms with E-state index in [0.717, 1.165) is 16.7 Å². The zero-order valence-corrected chi connectivity index (χ0v) is 10.7. The van der Waals surface area contributed by atoms with Crippen molar-refractivity contribution in [2.75, 3.05) is 0 Å². The first-order valence-corrected chi connectivity index (χ1v) is 6.12. The minimum Gasteiger partial charge on any atom is -0.389 e. The van der Waals surface area contributed by atoms with Gasteiger partial charge in [-0.25, -0.2) is 0 Å². The van der Waals surface area contributed by atoms with Crippen LogP contribution in [-0.2, 0) is 4.79 Å². The maximum absolute atomic E-state index is 12.1. The summed E-state index contributed by atoms with van der Waals surface area (Å²) in [6.45, 7) is 13.6. The highest BCUT2D eigenvalue weighted by Crippen LogP contribution is 2.27. The average Bonchev–Trinajstić information content (AvgIpc) is 2.24. The van der Waals surface area contributed by atoms with Crippen LogP contribution in [0.5, 0.6) is 0 Å². The Labute approximate surface area is 104 Å². The van der Waals surface area contributed by atoms with E-state index in [0.29, 0.717) is 32.1 Å². The van der Waals surface area contributed by atoms with Crippen LogP contribution in [0.4, 0.5) is 0 Å². The van der Waals surface area contributed by atoms with Crippen molar-refractivity contribution >= 4 is 5.78 Å². The molecule has 0 radical (unpaired) electrons. The van der Waals surface area contributed by atoms with Gasteiger partial charge < -0.3 is 5.11 Å². The maximum atomic E-state index is 12.1. The van der Waals surface area contributed by atoms with Gasteiger partial charge in [0.1, 0.15) is 5.78 Å². The fourth-order valence-electron chi connectivity index (χ4n) is 2.18. The first kappa shape index (κ1) is 13.9. The largest absolute Gasteiger partial charge is 0.389 e. The van der Waals surface area contributed by atoms with Crippen molar-refractivity contribution in [2.24, 2.45) is 5.92 Å². The Morgan fingerprint density at radius 1 is 1.29 bits per heavy atom. The molecule has 0 unspecified atom stereocenters. The van der Waals surface area contributed by atoms with Crippen LogP contribution in [0.15, 0.2) is 36.5 Å². The molecule has 2 nitrogen and oxygen atoms in total. The molecule has 0 saturated heterocycles. The van der Waals surface area contributed by atoms with Crippen LogP contribution < -0.4 is 0 Å².